The summed E-state index contributed by atoms with van der Waals surface area (Å²) in [7, 11) is 2.17. The highest BCUT2D eigenvalue weighted by molar-refractivity contribution is 5.56. The second kappa shape index (κ2) is 9.52. The molecule has 0 amide bonds. The molecule has 5 nitrogen and oxygen atoms in total. The summed E-state index contributed by atoms with van der Waals surface area (Å²) in [5.41, 5.74) is 3.31. The van der Waals surface area contributed by atoms with E-state index in [1.807, 2.05) is 16.8 Å². The summed E-state index contributed by atoms with van der Waals surface area (Å²) in [6, 6.07) is 6.66. The van der Waals surface area contributed by atoms with Crippen molar-refractivity contribution in [2.45, 2.75) is 40.2 Å². The Labute approximate surface area is 168 Å². The molecule has 1 aliphatic heterocycles. The lowest BCUT2D eigenvalue weighted by atomic mass is 10.1. The molecule has 3 rings (SSSR count). The molecule has 0 unspecified atom stereocenters. The van der Waals surface area contributed by atoms with Crippen LogP contribution in [0, 0.1) is 11.7 Å². The quantitative estimate of drug-likeness (QED) is 0.704. The molecule has 1 aliphatic rings. The van der Waals surface area contributed by atoms with Crippen LogP contribution in [-0.4, -0.2) is 54.5 Å². The minimum absolute atomic E-state index is 0.219. The number of rotatable bonds is 8. The Bertz CT molecular complexity index is 745. The Hall–Kier alpha value is -1.92. The summed E-state index contributed by atoms with van der Waals surface area (Å²) in [5.74, 6) is 1.63. The number of piperazine rings is 1. The first-order valence-corrected chi connectivity index (χ1v) is 10.5. The average molecular weight is 388 g/mol. The number of benzene rings is 1. The smallest absolute Gasteiger partial charge is 0.137 e. The maximum absolute atomic E-state index is 13.5. The summed E-state index contributed by atoms with van der Waals surface area (Å²) in [4.78, 5) is 4.80. The van der Waals surface area contributed by atoms with Crippen LogP contribution in [0.4, 0.5) is 10.2 Å². The third-order valence-corrected chi connectivity index (χ3v) is 5.45. The average Bonchev–Trinajstić information content (AvgIpc) is 3.05. The standard InChI is InChI=1S/C22H34FN5/c1-5-21-20(16-24-11-10-17(2)3)22(27-14-12-26(4)13-15-27)28(25-21)19-8-6-18(23)7-9-19/h6-9,17,24H,5,10-16H2,1-4H3. The van der Waals surface area contributed by atoms with Crippen LogP contribution >= 0.6 is 0 Å². The molecule has 0 atom stereocenters. The van der Waals surface area contributed by atoms with Gasteiger partial charge in [0.15, 0.2) is 0 Å². The highest BCUT2D eigenvalue weighted by Crippen LogP contribution is 2.29. The highest BCUT2D eigenvalue weighted by Gasteiger charge is 2.25. The molecule has 0 radical (unpaired) electrons. The Morgan fingerprint density at radius 1 is 1.11 bits per heavy atom. The van der Waals surface area contributed by atoms with Gasteiger partial charge in [-0.2, -0.15) is 5.10 Å². The molecular weight excluding hydrogens is 353 g/mol. The number of nitrogens with zero attached hydrogens (tertiary/aromatic N) is 4. The number of hydrogen-bond donors (Lipinski definition) is 1. The van der Waals surface area contributed by atoms with Crippen LogP contribution < -0.4 is 10.2 Å². The van der Waals surface area contributed by atoms with Gasteiger partial charge in [-0.15, -0.1) is 0 Å². The lowest BCUT2D eigenvalue weighted by Gasteiger charge is -2.34. The highest BCUT2D eigenvalue weighted by atomic mass is 19.1. The van der Waals surface area contributed by atoms with Gasteiger partial charge in [0, 0.05) is 38.3 Å². The Morgan fingerprint density at radius 3 is 2.39 bits per heavy atom. The molecule has 0 aliphatic carbocycles. The lowest BCUT2D eigenvalue weighted by Crippen LogP contribution is -2.45. The molecule has 2 aromatic rings. The van der Waals surface area contributed by atoms with Crippen LogP contribution in [0.3, 0.4) is 0 Å². The van der Waals surface area contributed by atoms with Crippen molar-refractivity contribution in [3.63, 3.8) is 0 Å². The molecule has 6 heteroatoms. The monoisotopic (exact) mass is 387 g/mol. The summed E-state index contributed by atoms with van der Waals surface area (Å²) in [6.07, 6.45) is 2.05. The van der Waals surface area contributed by atoms with Gasteiger partial charge < -0.3 is 15.1 Å². The van der Waals surface area contributed by atoms with Crippen molar-refractivity contribution in [1.29, 1.82) is 0 Å². The van der Waals surface area contributed by atoms with E-state index >= 15 is 0 Å². The number of likely N-dealkylation sites (N-methyl/N-ethyl adjacent to an activating group) is 1. The predicted octanol–water partition coefficient (Wildman–Crippen LogP) is 3.46. The van der Waals surface area contributed by atoms with Crippen LogP contribution in [0.2, 0.25) is 0 Å². The van der Waals surface area contributed by atoms with E-state index in [4.69, 9.17) is 5.10 Å². The first-order valence-electron chi connectivity index (χ1n) is 10.5. The van der Waals surface area contributed by atoms with Crippen LogP contribution in [0.5, 0.6) is 0 Å². The zero-order chi connectivity index (χ0) is 20.1. The fourth-order valence-electron chi connectivity index (χ4n) is 3.66. The molecule has 154 valence electrons. The topological polar surface area (TPSA) is 36.3 Å². The van der Waals surface area contributed by atoms with E-state index in [0.717, 1.165) is 69.3 Å². The number of nitrogens with one attached hydrogen (secondary N) is 1. The van der Waals surface area contributed by atoms with Gasteiger partial charge in [-0.3, -0.25) is 0 Å². The van der Waals surface area contributed by atoms with Gasteiger partial charge in [-0.05, 0) is 56.6 Å². The first-order chi connectivity index (χ1) is 13.5. The fourth-order valence-corrected chi connectivity index (χ4v) is 3.66. The van der Waals surface area contributed by atoms with Gasteiger partial charge in [-0.1, -0.05) is 20.8 Å². The van der Waals surface area contributed by atoms with Gasteiger partial charge in [0.2, 0.25) is 0 Å². The summed E-state index contributed by atoms with van der Waals surface area (Å²) >= 11 is 0. The summed E-state index contributed by atoms with van der Waals surface area (Å²) in [6.45, 7) is 12.5. The molecule has 0 bridgehead atoms. The number of hydrogen-bond acceptors (Lipinski definition) is 4. The van der Waals surface area contributed by atoms with E-state index in [1.54, 1.807) is 0 Å². The zero-order valence-electron chi connectivity index (χ0n) is 17.7. The van der Waals surface area contributed by atoms with Gasteiger partial charge in [0.25, 0.3) is 0 Å². The van der Waals surface area contributed by atoms with Crippen molar-refractivity contribution in [2.24, 2.45) is 5.92 Å². The third-order valence-electron chi connectivity index (χ3n) is 5.45. The van der Waals surface area contributed by atoms with Crippen LogP contribution in [-0.2, 0) is 13.0 Å². The van der Waals surface area contributed by atoms with Crippen LogP contribution in [0.25, 0.3) is 5.69 Å². The SMILES string of the molecule is CCc1nn(-c2ccc(F)cc2)c(N2CCN(C)CC2)c1CNCCC(C)C. The Balaban J connectivity index is 1.94. The van der Waals surface area contributed by atoms with Gasteiger partial charge in [0.05, 0.1) is 11.4 Å². The van der Waals surface area contributed by atoms with E-state index < -0.39 is 0 Å². The van der Waals surface area contributed by atoms with Crippen molar-refractivity contribution in [3.8, 4) is 5.69 Å². The number of aryl methyl sites for hydroxylation is 1. The van der Waals surface area contributed by atoms with E-state index in [2.05, 4.69) is 42.9 Å². The van der Waals surface area contributed by atoms with E-state index in [1.165, 1.54) is 17.7 Å². The summed E-state index contributed by atoms with van der Waals surface area (Å²) in [5, 5.41) is 8.56. The normalized spacial score (nSPS) is 15.6. The molecule has 0 saturated carbocycles. The number of anilines is 1. The van der Waals surface area contributed by atoms with E-state index in [9.17, 15) is 4.39 Å². The lowest BCUT2D eigenvalue weighted by molar-refractivity contribution is 0.311. The second-order valence-corrected chi connectivity index (χ2v) is 8.14. The van der Waals surface area contributed by atoms with Crippen molar-refractivity contribution < 1.29 is 4.39 Å². The van der Waals surface area contributed by atoms with E-state index in [0.29, 0.717) is 5.92 Å². The molecule has 0 spiro atoms. The summed E-state index contributed by atoms with van der Waals surface area (Å²) < 4.78 is 15.5. The third kappa shape index (κ3) is 4.92. The number of aromatic nitrogens is 2. The first kappa shape index (κ1) is 20.8. The van der Waals surface area contributed by atoms with E-state index in [-0.39, 0.29) is 5.82 Å². The maximum Gasteiger partial charge on any atom is 0.137 e. The van der Waals surface area contributed by atoms with Gasteiger partial charge >= 0.3 is 0 Å². The second-order valence-electron chi connectivity index (χ2n) is 8.14. The molecule has 2 heterocycles. The fraction of sp³-hybridized carbons (Fsp3) is 0.591. The molecule has 1 aromatic carbocycles. The van der Waals surface area contributed by atoms with Crippen molar-refractivity contribution in [3.05, 3.63) is 41.3 Å². The predicted molar refractivity (Wildman–Crippen MR) is 114 cm³/mol. The molecule has 1 fully saturated rings. The zero-order valence-corrected chi connectivity index (χ0v) is 17.7. The van der Waals surface area contributed by atoms with Gasteiger partial charge in [-0.25, -0.2) is 9.07 Å². The molecule has 28 heavy (non-hydrogen) atoms. The van der Waals surface area contributed by atoms with Crippen molar-refractivity contribution in [1.82, 2.24) is 20.0 Å². The van der Waals surface area contributed by atoms with Crippen LogP contribution in [0.15, 0.2) is 24.3 Å². The Kier molecular flexibility index (Phi) is 7.08. The number of halogens is 1. The minimum Gasteiger partial charge on any atom is -0.354 e. The minimum atomic E-state index is -0.219. The molecule has 1 N–H and O–H groups in total. The van der Waals surface area contributed by atoms with Gasteiger partial charge in [0.1, 0.15) is 11.6 Å². The van der Waals surface area contributed by atoms with Crippen molar-refractivity contribution in [2.75, 3.05) is 44.7 Å². The molecular formula is C22H34FN5. The Morgan fingerprint density at radius 2 is 1.79 bits per heavy atom. The maximum atomic E-state index is 13.5. The largest absolute Gasteiger partial charge is 0.354 e. The van der Waals surface area contributed by atoms with Crippen molar-refractivity contribution >= 4 is 5.82 Å². The molecule has 1 saturated heterocycles. The molecule has 1 aromatic heterocycles. The van der Waals surface area contributed by atoms with Crippen LogP contribution in [0.1, 0.15) is 38.4 Å².